The molecule has 250 valence electrons. The average Bonchev–Trinajstić information content (AvgIpc) is 3.77. The Balaban J connectivity index is 0.000000186. The van der Waals surface area contributed by atoms with Gasteiger partial charge in [-0.25, -0.2) is 23.4 Å². The van der Waals surface area contributed by atoms with Gasteiger partial charge in [0.25, 0.3) is 0 Å². The molecule has 4 aromatic heterocycles. The Morgan fingerprint density at radius 1 is 0.979 bits per heavy atom. The van der Waals surface area contributed by atoms with Crippen molar-refractivity contribution in [3.63, 3.8) is 0 Å². The highest BCUT2D eigenvalue weighted by Gasteiger charge is 2.52. The summed E-state index contributed by atoms with van der Waals surface area (Å²) in [5.41, 5.74) is 33.9. The number of azide groups is 1. The second-order valence-electron chi connectivity index (χ2n) is 11.5. The number of ether oxygens (including phenoxy) is 2. The van der Waals surface area contributed by atoms with E-state index in [4.69, 9.17) is 62.4 Å². The number of nitrogens with zero attached hydrogens (tertiary/aromatic N) is 9. The number of nitrogen functional groups attached to an aromatic ring is 2. The molecule has 20 heteroatoms. The number of aliphatic hydroxyl groups is 2. The molecule has 2 aliphatic rings. The minimum Gasteiger partial charge on any atom is -0.394 e. The van der Waals surface area contributed by atoms with Crippen molar-refractivity contribution in [2.75, 3.05) is 24.7 Å². The van der Waals surface area contributed by atoms with E-state index in [2.05, 4.69) is 30.2 Å². The van der Waals surface area contributed by atoms with Gasteiger partial charge < -0.3 is 42.6 Å². The van der Waals surface area contributed by atoms with E-state index < -0.39 is 42.7 Å². The van der Waals surface area contributed by atoms with E-state index in [0.29, 0.717) is 33.5 Å². The van der Waals surface area contributed by atoms with E-state index in [-0.39, 0.29) is 40.1 Å². The highest BCUT2D eigenvalue weighted by Crippen LogP contribution is 2.49. The SMILES string of the molecule is C[C@H]1[C@H](F)[C@H](c2cc(C(N)=S)c3c(N)ncnn23)O[C@@H]1CO.C[C@H]1[C@H](c2cc(C(N)=S)c3c(N)ncnn23)O[C@@](CO)(N=[N+]=[N-])[C@H]1C. The van der Waals surface area contributed by atoms with Crippen LogP contribution in [0.25, 0.3) is 21.5 Å². The molecular formula is C27H34FN13O4S2. The summed E-state index contributed by atoms with van der Waals surface area (Å²) in [6, 6.07) is 3.37. The fourth-order valence-electron chi connectivity index (χ4n) is 6.12. The van der Waals surface area contributed by atoms with Crippen LogP contribution in [0.2, 0.25) is 0 Å². The Bertz CT molecular complexity index is 1900. The molecule has 8 atom stereocenters. The smallest absolute Gasteiger partial charge is 0.173 e. The lowest BCUT2D eigenvalue weighted by atomic mass is 9.86. The van der Waals surface area contributed by atoms with Crippen LogP contribution in [0.15, 0.2) is 29.9 Å². The molecule has 0 amide bonds. The summed E-state index contributed by atoms with van der Waals surface area (Å²) in [6.45, 7) is 4.83. The molecule has 17 nitrogen and oxygen atoms in total. The Morgan fingerprint density at radius 2 is 1.49 bits per heavy atom. The number of halogens is 1. The number of rotatable bonds is 7. The molecule has 0 radical (unpaired) electrons. The third kappa shape index (κ3) is 5.67. The number of aliphatic hydroxyl groups excluding tert-OH is 2. The number of nitrogens with two attached hydrogens (primary N) is 4. The van der Waals surface area contributed by atoms with Gasteiger partial charge in [-0.15, -0.1) is 0 Å². The summed E-state index contributed by atoms with van der Waals surface area (Å²) in [6.07, 6.45) is -0.645. The number of hydrogen-bond acceptors (Lipinski definition) is 13. The van der Waals surface area contributed by atoms with E-state index >= 15 is 0 Å². The molecule has 0 spiro atoms. The molecule has 0 unspecified atom stereocenters. The van der Waals surface area contributed by atoms with Crippen LogP contribution in [0.3, 0.4) is 0 Å². The Morgan fingerprint density at radius 3 is 1.91 bits per heavy atom. The number of aromatic nitrogens is 6. The Labute approximate surface area is 277 Å². The van der Waals surface area contributed by atoms with Crippen molar-refractivity contribution in [3.8, 4) is 0 Å². The second kappa shape index (κ2) is 13.1. The van der Waals surface area contributed by atoms with Gasteiger partial charge in [-0.05, 0) is 29.5 Å². The van der Waals surface area contributed by atoms with Crippen molar-refractivity contribution in [3.05, 3.63) is 57.7 Å². The maximum atomic E-state index is 14.6. The number of alkyl halides is 1. The zero-order valence-electron chi connectivity index (χ0n) is 25.5. The van der Waals surface area contributed by atoms with Crippen molar-refractivity contribution in [2.45, 2.75) is 51.0 Å². The topological polar surface area (TPSA) is 272 Å². The Kier molecular flexibility index (Phi) is 9.47. The third-order valence-corrected chi connectivity index (χ3v) is 9.40. The summed E-state index contributed by atoms with van der Waals surface area (Å²) < 4.78 is 29.2. The molecule has 4 aromatic rings. The lowest BCUT2D eigenvalue weighted by molar-refractivity contribution is -0.0865. The lowest BCUT2D eigenvalue weighted by Crippen LogP contribution is -2.36. The minimum absolute atomic E-state index is 0.0777. The standard InChI is InChI=1S/C14H18N8O2S.C13H16FN5O2S/c1-6-7(2)14(4-23,20-21-17)24-11(6)9-3-8(13(16)25)10-12(15)18-5-19-22(9)10;1-5-8(3-20)21-11(9(5)14)7-2-6(13(16)22)10-12(15)17-4-18-19(7)10/h3,5-7,11,23H,4H2,1-2H3,(H2,16,25)(H2,15,18,19);2,4-5,8-9,11,20H,3H2,1H3,(H2,16,22)(H2,15,17,18)/t6-,7+,11-,14-;5-,8-,9+,11+/m11/s1. The maximum absolute atomic E-state index is 14.6. The first-order chi connectivity index (χ1) is 22.3. The summed E-state index contributed by atoms with van der Waals surface area (Å²) in [7, 11) is 0. The van der Waals surface area contributed by atoms with Gasteiger partial charge in [0, 0.05) is 22.0 Å². The van der Waals surface area contributed by atoms with Gasteiger partial charge in [-0.2, -0.15) is 10.2 Å². The van der Waals surface area contributed by atoms with E-state index in [9.17, 15) is 14.6 Å². The molecule has 2 fully saturated rings. The van der Waals surface area contributed by atoms with Crippen molar-refractivity contribution in [1.82, 2.24) is 29.2 Å². The summed E-state index contributed by atoms with van der Waals surface area (Å²) in [5.74, 6) is -0.300. The molecule has 0 saturated carbocycles. The van der Waals surface area contributed by atoms with Crippen LogP contribution in [0.5, 0.6) is 0 Å². The molecule has 0 bridgehead atoms. The maximum Gasteiger partial charge on any atom is 0.173 e. The average molecular weight is 688 g/mol. The van der Waals surface area contributed by atoms with Gasteiger partial charge >= 0.3 is 0 Å². The second-order valence-corrected chi connectivity index (χ2v) is 12.3. The van der Waals surface area contributed by atoms with Crippen LogP contribution >= 0.6 is 24.4 Å². The predicted octanol–water partition coefficient (Wildman–Crippen LogP) is 1.64. The van der Waals surface area contributed by atoms with E-state index in [0.717, 1.165) is 0 Å². The van der Waals surface area contributed by atoms with Crippen LogP contribution in [-0.4, -0.2) is 80.6 Å². The molecule has 6 heterocycles. The normalized spacial score (nSPS) is 28.6. The molecule has 2 aliphatic heterocycles. The number of anilines is 2. The van der Waals surface area contributed by atoms with Crippen LogP contribution in [0, 0.1) is 17.8 Å². The molecule has 0 aliphatic carbocycles. The van der Waals surface area contributed by atoms with Gasteiger partial charge in [-0.1, -0.05) is 50.3 Å². The molecule has 2 saturated heterocycles. The summed E-state index contributed by atoms with van der Waals surface area (Å²) in [5, 5.41) is 31.1. The zero-order chi connectivity index (χ0) is 34.4. The fourth-order valence-corrected chi connectivity index (χ4v) is 6.43. The zero-order valence-corrected chi connectivity index (χ0v) is 27.1. The first kappa shape index (κ1) is 34.0. The van der Waals surface area contributed by atoms with E-state index in [1.165, 1.54) is 17.2 Å². The fraction of sp³-hybridized carbons (Fsp3) is 0.481. The third-order valence-electron chi connectivity index (χ3n) is 8.96. The molecular weight excluding hydrogens is 654 g/mol. The molecule has 47 heavy (non-hydrogen) atoms. The minimum atomic E-state index is -1.34. The van der Waals surface area contributed by atoms with Gasteiger partial charge in [0.1, 0.15) is 52.0 Å². The van der Waals surface area contributed by atoms with Crippen molar-refractivity contribution in [1.29, 1.82) is 0 Å². The number of thiocarbonyl (C=S) groups is 2. The van der Waals surface area contributed by atoms with Gasteiger partial charge in [0.15, 0.2) is 17.4 Å². The summed E-state index contributed by atoms with van der Waals surface area (Å²) in [4.78, 5) is 11.0. The van der Waals surface area contributed by atoms with Crippen molar-refractivity contribution in [2.24, 2.45) is 34.3 Å². The molecule has 0 aromatic carbocycles. The van der Waals surface area contributed by atoms with Crippen LogP contribution in [-0.2, 0) is 9.47 Å². The highest BCUT2D eigenvalue weighted by molar-refractivity contribution is 7.81. The highest BCUT2D eigenvalue weighted by atomic mass is 32.1. The van der Waals surface area contributed by atoms with Gasteiger partial charge in [0.05, 0.1) is 30.7 Å². The van der Waals surface area contributed by atoms with Crippen molar-refractivity contribution < 1.29 is 24.1 Å². The van der Waals surface area contributed by atoms with Crippen LogP contribution < -0.4 is 22.9 Å². The number of fused-ring (bicyclic) bond motifs is 2. The largest absolute Gasteiger partial charge is 0.394 e. The monoisotopic (exact) mass is 687 g/mol. The predicted molar refractivity (Wildman–Crippen MR) is 176 cm³/mol. The first-order valence-electron chi connectivity index (χ1n) is 14.4. The van der Waals surface area contributed by atoms with Gasteiger partial charge in [-0.3, -0.25) is 0 Å². The first-order valence-corrected chi connectivity index (χ1v) is 15.2. The quantitative estimate of drug-likeness (QED) is 0.0698. The molecule has 6 rings (SSSR count). The van der Waals surface area contributed by atoms with E-state index in [1.807, 2.05) is 13.8 Å². The molecule has 10 N–H and O–H groups in total. The van der Waals surface area contributed by atoms with E-state index in [1.54, 1.807) is 23.6 Å². The Hall–Kier alpha value is -4.30. The van der Waals surface area contributed by atoms with Gasteiger partial charge in [0.2, 0.25) is 0 Å². The van der Waals surface area contributed by atoms with Crippen molar-refractivity contribution >= 4 is 57.1 Å². The van der Waals surface area contributed by atoms with Crippen LogP contribution in [0.4, 0.5) is 16.0 Å². The lowest BCUT2D eigenvalue weighted by Gasteiger charge is -2.25. The van der Waals surface area contributed by atoms with Crippen LogP contribution in [0.1, 0.15) is 55.5 Å². The summed E-state index contributed by atoms with van der Waals surface area (Å²) >= 11 is 10.1. The number of hydrogen-bond donors (Lipinski definition) is 6.